The number of rotatable bonds is 6. The number of aryl methyl sites for hydroxylation is 1. The fourth-order valence-corrected chi connectivity index (χ4v) is 3.51. The van der Waals surface area contributed by atoms with E-state index in [2.05, 4.69) is 73.9 Å². The van der Waals surface area contributed by atoms with Crippen LogP contribution >= 0.6 is 0 Å². The van der Waals surface area contributed by atoms with Crippen molar-refractivity contribution in [2.45, 2.75) is 39.7 Å². The van der Waals surface area contributed by atoms with Crippen LogP contribution in [0.2, 0.25) is 0 Å². The Morgan fingerprint density at radius 1 is 0.889 bits per heavy atom. The summed E-state index contributed by atoms with van der Waals surface area (Å²) in [5.41, 5.74) is 4.42. The third-order valence-electron chi connectivity index (χ3n) is 5.05. The molecule has 3 nitrogen and oxygen atoms in total. The summed E-state index contributed by atoms with van der Waals surface area (Å²) in [6.45, 7) is 8.70. The van der Waals surface area contributed by atoms with Gasteiger partial charge in [0.2, 0.25) is 5.91 Å². The summed E-state index contributed by atoms with van der Waals surface area (Å²) in [5, 5.41) is 8.91. The van der Waals surface area contributed by atoms with Gasteiger partial charge in [0.1, 0.15) is 0 Å². The van der Waals surface area contributed by atoms with Gasteiger partial charge in [-0.25, -0.2) is 0 Å². The molecule has 0 bridgehead atoms. The molecule has 3 aromatic carbocycles. The largest absolute Gasteiger partial charge is 0.324 e. The van der Waals surface area contributed by atoms with E-state index in [1.807, 2.05) is 25.1 Å². The molecule has 3 heteroatoms. The quantitative estimate of drug-likeness (QED) is 0.604. The fourth-order valence-electron chi connectivity index (χ4n) is 3.51. The molecule has 1 atom stereocenters. The molecule has 0 fully saturated rings. The Balaban J connectivity index is 1.69. The number of nitrogens with one attached hydrogen (secondary N) is 2. The number of hydrogen-bond donors (Lipinski definition) is 2. The second kappa shape index (κ2) is 8.36. The molecule has 3 aromatic rings. The number of anilines is 1. The van der Waals surface area contributed by atoms with E-state index in [4.69, 9.17) is 0 Å². The van der Waals surface area contributed by atoms with Crippen LogP contribution in [-0.4, -0.2) is 12.5 Å². The molecule has 0 aliphatic heterocycles. The summed E-state index contributed by atoms with van der Waals surface area (Å²) < 4.78 is 0. The first-order valence-electron chi connectivity index (χ1n) is 9.57. The van der Waals surface area contributed by atoms with E-state index in [0.717, 1.165) is 11.3 Å². The summed E-state index contributed by atoms with van der Waals surface area (Å²) in [6.07, 6.45) is 0. The molecule has 0 aliphatic carbocycles. The number of benzene rings is 3. The van der Waals surface area contributed by atoms with Gasteiger partial charge >= 0.3 is 0 Å². The first kappa shape index (κ1) is 19.1. The molecule has 1 amide bonds. The number of fused-ring (bicyclic) bond motifs is 1. The Labute approximate surface area is 161 Å². The van der Waals surface area contributed by atoms with Crippen LogP contribution in [0.1, 0.15) is 49.4 Å². The van der Waals surface area contributed by atoms with Crippen molar-refractivity contribution in [3.05, 3.63) is 77.4 Å². The Kier molecular flexibility index (Phi) is 5.92. The van der Waals surface area contributed by atoms with Crippen molar-refractivity contribution >= 4 is 22.4 Å². The molecular formula is C24H28N2O. The number of amides is 1. The molecule has 3 rings (SSSR count). The summed E-state index contributed by atoms with van der Waals surface area (Å²) in [5.74, 6) is 0.348. The molecule has 0 aliphatic rings. The Morgan fingerprint density at radius 2 is 1.56 bits per heavy atom. The van der Waals surface area contributed by atoms with Crippen LogP contribution in [0.3, 0.4) is 0 Å². The van der Waals surface area contributed by atoms with Crippen LogP contribution in [0.5, 0.6) is 0 Å². The Bertz CT molecular complexity index is 941. The lowest BCUT2D eigenvalue weighted by Gasteiger charge is -2.19. The van der Waals surface area contributed by atoms with Crippen molar-refractivity contribution in [3.8, 4) is 0 Å². The minimum absolute atomic E-state index is 0.0155. The van der Waals surface area contributed by atoms with Crippen LogP contribution in [0, 0.1) is 6.92 Å². The van der Waals surface area contributed by atoms with E-state index in [0.29, 0.717) is 5.92 Å². The van der Waals surface area contributed by atoms with Gasteiger partial charge in [0.15, 0.2) is 0 Å². The molecule has 0 aromatic heterocycles. The minimum atomic E-state index is -0.0155. The highest BCUT2D eigenvalue weighted by atomic mass is 16.1. The smallest absolute Gasteiger partial charge is 0.238 e. The van der Waals surface area contributed by atoms with Gasteiger partial charge in [-0.05, 0) is 47.2 Å². The maximum absolute atomic E-state index is 12.6. The third kappa shape index (κ3) is 4.37. The van der Waals surface area contributed by atoms with Gasteiger partial charge in [0, 0.05) is 11.7 Å². The molecule has 27 heavy (non-hydrogen) atoms. The number of hydrogen-bond acceptors (Lipinski definition) is 2. The fraction of sp³-hybridized carbons (Fsp3) is 0.292. The molecule has 2 N–H and O–H groups in total. The molecule has 0 radical (unpaired) electrons. The highest BCUT2D eigenvalue weighted by molar-refractivity contribution is 5.94. The second-order valence-corrected chi connectivity index (χ2v) is 7.41. The monoisotopic (exact) mass is 360 g/mol. The van der Waals surface area contributed by atoms with Crippen molar-refractivity contribution in [1.29, 1.82) is 0 Å². The topological polar surface area (TPSA) is 41.1 Å². The SMILES string of the molecule is Cc1cccc(C(C)C)c1NC(=O)CN[C@H](C)c1cccc2ccccc12. The van der Waals surface area contributed by atoms with Crippen LogP contribution in [0.4, 0.5) is 5.69 Å². The van der Waals surface area contributed by atoms with Crippen molar-refractivity contribution in [3.63, 3.8) is 0 Å². The van der Waals surface area contributed by atoms with Crippen molar-refractivity contribution in [2.24, 2.45) is 0 Å². The minimum Gasteiger partial charge on any atom is -0.324 e. The zero-order valence-corrected chi connectivity index (χ0v) is 16.5. The van der Waals surface area contributed by atoms with Gasteiger partial charge in [0.05, 0.1) is 6.54 Å². The Hall–Kier alpha value is -2.65. The first-order valence-corrected chi connectivity index (χ1v) is 9.57. The van der Waals surface area contributed by atoms with E-state index in [1.165, 1.54) is 21.9 Å². The van der Waals surface area contributed by atoms with Crippen LogP contribution in [-0.2, 0) is 4.79 Å². The maximum Gasteiger partial charge on any atom is 0.238 e. The van der Waals surface area contributed by atoms with Crippen LogP contribution < -0.4 is 10.6 Å². The van der Waals surface area contributed by atoms with E-state index in [-0.39, 0.29) is 18.5 Å². The second-order valence-electron chi connectivity index (χ2n) is 7.41. The molecule has 0 heterocycles. The average molecular weight is 361 g/mol. The highest BCUT2D eigenvalue weighted by Crippen LogP contribution is 2.27. The van der Waals surface area contributed by atoms with E-state index < -0.39 is 0 Å². The van der Waals surface area contributed by atoms with Gasteiger partial charge in [-0.1, -0.05) is 74.5 Å². The van der Waals surface area contributed by atoms with Crippen molar-refractivity contribution < 1.29 is 4.79 Å². The normalized spacial score (nSPS) is 12.3. The molecule has 0 saturated heterocycles. The average Bonchev–Trinajstić information content (AvgIpc) is 2.67. The van der Waals surface area contributed by atoms with E-state index in [9.17, 15) is 4.79 Å². The molecule has 0 spiro atoms. The lowest BCUT2D eigenvalue weighted by Crippen LogP contribution is -2.30. The van der Waals surface area contributed by atoms with Gasteiger partial charge in [0.25, 0.3) is 0 Å². The molecular weight excluding hydrogens is 332 g/mol. The van der Waals surface area contributed by atoms with Crippen LogP contribution in [0.25, 0.3) is 10.8 Å². The zero-order valence-electron chi connectivity index (χ0n) is 16.5. The summed E-state index contributed by atoms with van der Waals surface area (Å²) in [4.78, 5) is 12.6. The third-order valence-corrected chi connectivity index (χ3v) is 5.05. The Morgan fingerprint density at radius 3 is 2.33 bits per heavy atom. The van der Waals surface area contributed by atoms with Crippen molar-refractivity contribution in [2.75, 3.05) is 11.9 Å². The predicted molar refractivity (Wildman–Crippen MR) is 114 cm³/mol. The summed E-state index contributed by atoms with van der Waals surface area (Å²) >= 11 is 0. The lowest BCUT2D eigenvalue weighted by molar-refractivity contribution is -0.115. The van der Waals surface area contributed by atoms with Gasteiger partial charge in [-0.2, -0.15) is 0 Å². The van der Waals surface area contributed by atoms with Crippen molar-refractivity contribution in [1.82, 2.24) is 5.32 Å². The number of para-hydroxylation sites is 1. The lowest BCUT2D eigenvalue weighted by atomic mass is 9.98. The summed E-state index contributed by atoms with van der Waals surface area (Å²) in [7, 11) is 0. The maximum atomic E-state index is 12.6. The number of carbonyl (C=O) groups is 1. The molecule has 0 unspecified atom stereocenters. The van der Waals surface area contributed by atoms with Crippen LogP contribution in [0.15, 0.2) is 60.7 Å². The standard InChI is InChI=1S/C24H28N2O/c1-16(2)20-13-7-9-17(3)24(20)26-23(27)15-25-18(4)21-14-8-11-19-10-5-6-12-22(19)21/h5-14,16,18,25H,15H2,1-4H3,(H,26,27)/t18-/m1/s1. The van der Waals surface area contributed by atoms with Gasteiger partial charge in [-0.3, -0.25) is 4.79 Å². The molecule has 0 saturated carbocycles. The van der Waals surface area contributed by atoms with E-state index in [1.54, 1.807) is 0 Å². The number of carbonyl (C=O) groups excluding carboxylic acids is 1. The van der Waals surface area contributed by atoms with E-state index >= 15 is 0 Å². The van der Waals surface area contributed by atoms with Gasteiger partial charge in [-0.15, -0.1) is 0 Å². The zero-order chi connectivity index (χ0) is 19.4. The highest BCUT2D eigenvalue weighted by Gasteiger charge is 2.14. The van der Waals surface area contributed by atoms with Gasteiger partial charge < -0.3 is 10.6 Å². The predicted octanol–water partition coefficient (Wildman–Crippen LogP) is 5.56. The summed E-state index contributed by atoms with van der Waals surface area (Å²) in [6, 6.07) is 20.9. The first-order chi connectivity index (χ1) is 13.0. The molecule has 140 valence electrons.